The van der Waals surface area contributed by atoms with E-state index in [0.29, 0.717) is 37.4 Å². The van der Waals surface area contributed by atoms with Crippen molar-refractivity contribution in [2.45, 2.75) is 90.4 Å². The highest BCUT2D eigenvalue weighted by Crippen LogP contribution is 2.33. The Morgan fingerprint density at radius 3 is 1.81 bits per heavy atom. The molecular formula is C32H36N4O6. The van der Waals surface area contributed by atoms with Gasteiger partial charge in [-0.05, 0) is 53.0 Å². The van der Waals surface area contributed by atoms with E-state index < -0.39 is 12.1 Å². The molecule has 4 heterocycles. The van der Waals surface area contributed by atoms with Gasteiger partial charge in [0.1, 0.15) is 12.1 Å². The predicted octanol–water partition coefficient (Wildman–Crippen LogP) is 3.14. The van der Waals surface area contributed by atoms with Crippen LogP contribution in [0.5, 0.6) is 0 Å². The third kappa shape index (κ3) is 5.45. The molecule has 0 aliphatic carbocycles. The molecule has 2 fully saturated rings. The third-order valence-corrected chi connectivity index (χ3v) is 8.43. The summed E-state index contributed by atoms with van der Waals surface area (Å²) in [4.78, 5) is 74.8. The van der Waals surface area contributed by atoms with Crippen molar-refractivity contribution in [1.82, 2.24) is 20.4 Å². The molecule has 0 spiro atoms. The average Bonchev–Trinajstić information content (AvgIpc) is 3.45. The summed E-state index contributed by atoms with van der Waals surface area (Å²) < 4.78 is 0. The molecule has 2 aromatic rings. The van der Waals surface area contributed by atoms with E-state index in [9.17, 15) is 28.8 Å². The van der Waals surface area contributed by atoms with Crippen molar-refractivity contribution in [2.75, 3.05) is 0 Å². The van der Waals surface area contributed by atoms with Crippen molar-refractivity contribution in [3.05, 3.63) is 69.8 Å². The second-order valence-electron chi connectivity index (χ2n) is 11.9. The van der Waals surface area contributed by atoms with E-state index >= 15 is 0 Å². The van der Waals surface area contributed by atoms with E-state index in [1.54, 1.807) is 9.80 Å². The molecule has 2 atom stereocenters. The highest BCUT2D eigenvalue weighted by molar-refractivity contribution is 6.06. The second kappa shape index (κ2) is 11.5. The number of rotatable bonds is 4. The Morgan fingerprint density at radius 2 is 1.26 bits per heavy atom. The van der Waals surface area contributed by atoms with Gasteiger partial charge >= 0.3 is 0 Å². The average molecular weight is 573 g/mol. The fraction of sp³-hybridized carbons (Fsp3) is 0.438. The van der Waals surface area contributed by atoms with Crippen LogP contribution in [-0.4, -0.2) is 57.3 Å². The first-order chi connectivity index (χ1) is 20.0. The Labute approximate surface area is 244 Å². The van der Waals surface area contributed by atoms with Crippen LogP contribution in [0, 0.1) is 0 Å². The van der Waals surface area contributed by atoms with Crippen molar-refractivity contribution in [1.29, 1.82) is 0 Å². The number of carbonyl (C=O) groups excluding carboxylic acids is 6. The van der Waals surface area contributed by atoms with Crippen LogP contribution in [-0.2, 0) is 32.3 Å². The first-order valence-electron chi connectivity index (χ1n) is 14.5. The van der Waals surface area contributed by atoms with Crippen LogP contribution < -0.4 is 10.6 Å². The van der Waals surface area contributed by atoms with Crippen LogP contribution in [0.1, 0.15) is 108 Å². The fourth-order valence-electron chi connectivity index (χ4n) is 6.06. The predicted molar refractivity (Wildman–Crippen MR) is 153 cm³/mol. The number of imide groups is 2. The van der Waals surface area contributed by atoms with E-state index in [2.05, 4.69) is 38.3 Å². The van der Waals surface area contributed by atoms with Gasteiger partial charge in [0.2, 0.25) is 23.6 Å². The van der Waals surface area contributed by atoms with Gasteiger partial charge in [-0.1, -0.05) is 58.0 Å². The third-order valence-electron chi connectivity index (χ3n) is 8.43. The van der Waals surface area contributed by atoms with Gasteiger partial charge in [-0.25, -0.2) is 0 Å². The van der Waals surface area contributed by atoms with Crippen LogP contribution in [0.25, 0.3) is 0 Å². The van der Waals surface area contributed by atoms with E-state index in [1.165, 1.54) is 0 Å². The number of piperidine rings is 2. The van der Waals surface area contributed by atoms with E-state index in [1.807, 2.05) is 36.4 Å². The number of carbonyl (C=O) groups is 6. The Morgan fingerprint density at radius 1 is 0.690 bits per heavy atom. The lowest BCUT2D eigenvalue weighted by Gasteiger charge is -2.29. The lowest BCUT2D eigenvalue weighted by atomic mass is 9.94. The summed E-state index contributed by atoms with van der Waals surface area (Å²) in [6.45, 7) is 9.16. The molecular weight excluding hydrogens is 536 g/mol. The van der Waals surface area contributed by atoms with Crippen LogP contribution in [0.15, 0.2) is 36.4 Å². The lowest BCUT2D eigenvalue weighted by Crippen LogP contribution is -2.52. The normalized spacial score (nSPS) is 21.8. The Bertz CT molecular complexity index is 1500. The summed E-state index contributed by atoms with van der Waals surface area (Å²) in [5.41, 5.74) is 5.48. The van der Waals surface area contributed by atoms with Gasteiger partial charge in [0.25, 0.3) is 11.8 Å². The summed E-state index contributed by atoms with van der Waals surface area (Å²) in [5, 5.41) is 4.63. The zero-order valence-corrected chi connectivity index (χ0v) is 24.4. The van der Waals surface area contributed by atoms with Gasteiger partial charge in [-0.3, -0.25) is 39.4 Å². The summed E-state index contributed by atoms with van der Waals surface area (Å²) >= 11 is 0. The molecule has 220 valence electrons. The number of hydrogen-bond acceptors (Lipinski definition) is 6. The molecule has 42 heavy (non-hydrogen) atoms. The van der Waals surface area contributed by atoms with Gasteiger partial charge in [-0.2, -0.15) is 0 Å². The van der Waals surface area contributed by atoms with E-state index in [-0.39, 0.29) is 54.2 Å². The van der Waals surface area contributed by atoms with Crippen LogP contribution in [0.3, 0.4) is 0 Å². The topological polar surface area (TPSA) is 133 Å². The zero-order chi connectivity index (χ0) is 30.3. The maximum atomic E-state index is 12.7. The molecule has 2 unspecified atom stereocenters. The smallest absolute Gasteiger partial charge is 0.255 e. The largest absolute Gasteiger partial charge is 0.322 e. The lowest BCUT2D eigenvalue weighted by molar-refractivity contribution is -0.138. The molecule has 6 rings (SSSR count). The highest BCUT2D eigenvalue weighted by Gasteiger charge is 2.41. The molecule has 2 N–H and O–H groups in total. The standard InChI is InChI=1S/2C16H18N2O3/c1-9(2)10-3-4-11-8-18(16(21)12(11)7-10)13-5-6-14(19)17-15(13)20;1-9(2)11-5-3-4-10-8-18(16(21)14(10)11)12-6-7-13(19)17-15(12)20/h3-4,7,9,13H,5-6,8H2,1-2H3,(H,17,19,20);3-5,9,12H,6-8H2,1-2H3,(H,17,19,20). The minimum Gasteiger partial charge on any atom is -0.322 e. The molecule has 4 aliphatic rings. The fourth-order valence-corrected chi connectivity index (χ4v) is 6.06. The first kappa shape index (κ1) is 29.2. The Balaban J connectivity index is 0.000000168. The highest BCUT2D eigenvalue weighted by atomic mass is 16.2. The molecule has 0 aromatic heterocycles. The van der Waals surface area contributed by atoms with E-state index in [4.69, 9.17) is 0 Å². The van der Waals surface area contributed by atoms with Gasteiger partial charge in [0.15, 0.2) is 0 Å². The summed E-state index contributed by atoms with van der Waals surface area (Å²) in [6.07, 6.45) is 1.38. The van der Waals surface area contributed by atoms with Gasteiger partial charge < -0.3 is 9.80 Å². The molecule has 6 amide bonds. The van der Waals surface area contributed by atoms with Crippen molar-refractivity contribution in [2.24, 2.45) is 0 Å². The maximum absolute atomic E-state index is 12.7. The second-order valence-corrected chi connectivity index (χ2v) is 11.9. The SMILES string of the molecule is CC(C)c1ccc2c(c1)C(=O)N(C1CCC(=O)NC1=O)C2.CC(C)c1cccc2c1C(=O)N(C1CCC(=O)NC1=O)C2. The number of nitrogens with one attached hydrogen (secondary N) is 2. The van der Waals surface area contributed by atoms with Gasteiger partial charge in [-0.15, -0.1) is 0 Å². The Kier molecular flexibility index (Phi) is 7.99. The molecule has 2 aromatic carbocycles. The first-order valence-corrected chi connectivity index (χ1v) is 14.5. The molecule has 2 saturated heterocycles. The molecule has 0 radical (unpaired) electrons. The van der Waals surface area contributed by atoms with Crippen molar-refractivity contribution < 1.29 is 28.8 Å². The van der Waals surface area contributed by atoms with Crippen LogP contribution >= 0.6 is 0 Å². The van der Waals surface area contributed by atoms with Gasteiger partial charge in [0.05, 0.1) is 0 Å². The minimum absolute atomic E-state index is 0.0937. The molecule has 0 bridgehead atoms. The molecule has 4 aliphatic heterocycles. The Hall–Kier alpha value is -4.34. The quantitative estimate of drug-likeness (QED) is 0.541. The van der Waals surface area contributed by atoms with E-state index in [0.717, 1.165) is 27.8 Å². The van der Waals surface area contributed by atoms with Crippen molar-refractivity contribution in [3.8, 4) is 0 Å². The van der Waals surface area contributed by atoms with Crippen LogP contribution in [0.4, 0.5) is 0 Å². The van der Waals surface area contributed by atoms with Crippen LogP contribution in [0.2, 0.25) is 0 Å². The molecule has 10 heteroatoms. The number of hydrogen-bond donors (Lipinski definition) is 2. The number of amides is 6. The summed E-state index contributed by atoms with van der Waals surface area (Å²) in [5.74, 6) is -0.843. The monoisotopic (exact) mass is 572 g/mol. The maximum Gasteiger partial charge on any atom is 0.255 e. The number of fused-ring (bicyclic) bond motifs is 2. The summed E-state index contributed by atoms with van der Waals surface area (Å²) in [7, 11) is 0. The zero-order valence-electron chi connectivity index (χ0n) is 24.4. The number of nitrogens with zero attached hydrogens (tertiary/aromatic N) is 2. The van der Waals surface area contributed by atoms with Crippen molar-refractivity contribution in [3.63, 3.8) is 0 Å². The summed E-state index contributed by atoms with van der Waals surface area (Å²) in [6, 6.07) is 10.7. The molecule has 10 nitrogen and oxygen atoms in total. The van der Waals surface area contributed by atoms with Crippen molar-refractivity contribution >= 4 is 35.4 Å². The molecule has 0 saturated carbocycles. The number of benzene rings is 2. The van der Waals surface area contributed by atoms with Gasteiger partial charge in [0, 0.05) is 37.1 Å². The minimum atomic E-state index is -0.539.